The van der Waals surface area contributed by atoms with Crippen LogP contribution in [0.4, 0.5) is 0 Å². The maximum Gasteiger partial charge on any atom is 0.169 e. The second-order valence-electron chi connectivity index (χ2n) is 2.56. The van der Waals surface area contributed by atoms with E-state index in [0.29, 0.717) is 5.69 Å². The lowest BCUT2D eigenvalue weighted by atomic mass is 10.4. The van der Waals surface area contributed by atoms with E-state index in [1.54, 1.807) is 22.7 Å². The Bertz CT molecular complexity index is 417. The van der Waals surface area contributed by atoms with Crippen molar-refractivity contribution in [2.45, 2.75) is 6.92 Å². The Kier molecular flexibility index (Phi) is 2.24. The number of aldehydes is 1. The van der Waals surface area contributed by atoms with Crippen LogP contribution in [0, 0.1) is 6.92 Å². The summed E-state index contributed by atoms with van der Waals surface area (Å²) in [5.74, 6) is 0. The van der Waals surface area contributed by atoms with Crippen LogP contribution >= 0.6 is 22.7 Å². The molecule has 66 valence electrons. The van der Waals surface area contributed by atoms with E-state index in [1.165, 1.54) is 0 Å². The number of thiophene rings is 1. The lowest BCUT2D eigenvalue weighted by molar-refractivity contribution is 0.111. The molecule has 2 heterocycles. The zero-order valence-corrected chi connectivity index (χ0v) is 8.61. The minimum absolute atomic E-state index is 0.563. The van der Waals surface area contributed by atoms with E-state index in [2.05, 4.69) is 4.98 Å². The summed E-state index contributed by atoms with van der Waals surface area (Å²) in [4.78, 5) is 16.9. The number of aromatic nitrogens is 1. The average Bonchev–Trinajstić information content (AvgIpc) is 2.71. The third-order valence-electron chi connectivity index (χ3n) is 1.68. The van der Waals surface area contributed by atoms with E-state index in [1.807, 2.05) is 24.4 Å². The first-order valence-corrected chi connectivity index (χ1v) is 5.47. The van der Waals surface area contributed by atoms with Crippen molar-refractivity contribution in [1.82, 2.24) is 4.98 Å². The van der Waals surface area contributed by atoms with Crippen LogP contribution in [0.2, 0.25) is 0 Å². The summed E-state index contributed by atoms with van der Waals surface area (Å²) in [5, 5.41) is 2.95. The maximum absolute atomic E-state index is 10.6. The number of aryl methyl sites for hydroxylation is 1. The molecular weight excluding hydrogens is 202 g/mol. The summed E-state index contributed by atoms with van der Waals surface area (Å²) >= 11 is 3.21. The van der Waals surface area contributed by atoms with Gasteiger partial charge >= 0.3 is 0 Å². The maximum atomic E-state index is 10.6. The van der Waals surface area contributed by atoms with Crippen molar-refractivity contribution in [3.05, 3.63) is 28.1 Å². The zero-order chi connectivity index (χ0) is 9.26. The summed E-state index contributed by atoms with van der Waals surface area (Å²) in [7, 11) is 0. The van der Waals surface area contributed by atoms with Crippen LogP contribution in [0.5, 0.6) is 0 Å². The average molecular weight is 209 g/mol. The normalized spacial score (nSPS) is 10.2. The molecule has 2 nitrogen and oxygen atoms in total. The van der Waals surface area contributed by atoms with Crippen molar-refractivity contribution in [2.75, 3.05) is 0 Å². The van der Waals surface area contributed by atoms with Crippen LogP contribution in [-0.2, 0) is 0 Å². The predicted octanol–water partition coefficient (Wildman–Crippen LogP) is 2.99. The van der Waals surface area contributed by atoms with Crippen LogP contribution in [0.15, 0.2) is 17.5 Å². The molecule has 0 spiro atoms. The van der Waals surface area contributed by atoms with E-state index in [4.69, 9.17) is 0 Å². The van der Waals surface area contributed by atoms with Crippen LogP contribution in [0.25, 0.3) is 9.88 Å². The quantitative estimate of drug-likeness (QED) is 0.712. The highest BCUT2D eigenvalue weighted by molar-refractivity contribution is 7.21. The van der Waals surface area contributed by atoms with Crippen molar-refractivity contribution >= 4 is 29.0 Å². The lowest BCUT2D eigenvalue weighted by Crippen LogP contribution is -1.80. The van der Waals surface area contributed by atoms with Crippen molar-refractivity contribution in [1.29, 1.82) is 0 Å². The summed E-state index contributed by atoms with van der Waals surface area (Å²) in [6.45, 7) is 1.92. The number of rotatable bonds is 2. The van der Waals surface area contributed by atoms with Crippen LogP contribution in [0.1, 0.15) is 15.4 Å². The molecule has 0 radical (unpaired) electrons. The van der Waals surface area contributed by atoms with Gasteiger partial charge in [0.2, 0.25) is 0 Å². The highest BCUT2D eigenvalue weighted by Crippen LogP contribution is 2.29. The van der Waals surface area contributed by atoms with Gasteiger partial charge in [0.05, 0.1) is 4.88 Å². The first kappa shape index (κ1) is 8.59. The Hall–Kier alpha value is -1.00. The van der Waals surface area contributed by atoms with Crippen LogP contribution in [-0.4, -0.2) is 11.3 Å². The Morgan fingerprint density at radius 2 is 2.38 bits per heavy atom. The summed E-state index contributed by atoms with van der Waals surface area (Å²) in [6.07, 6.45) is 0.808. The van der Waals surface area contributed by atoms with Crippen LogP contribution in [0.3, 0.4) is 0 Å². The van der Waals surface area contributed by atoms with E-state index in [-0.39, 0.29) is 0 Å². The Morgan fingerprint density at radius 1 is 1.54 bits per heavy atom. The Balaban J connectivity index is 2.48. The topological polar surface area (TPSA) is 30.0 Å². The fraction of sp³-hybridized carbons (Fsp3) is 0.111. The number of hydrogen-bond donors (Lipinski definition) is 0. The van der Waals surface area contributed by atoms with Gasteiger partial charge in [0.25, 0.3) is 0 Å². The molecule has 13 heavy (non-hydrogen) atoms. The minimum Gasteiger partial charge on any atom is -0.296 e. The van der Waals surface area contributed by atoms with Gasteiger partial charge in [-0.2, -0.15) is 0 Å². The van der Waals surface area contributed by atoms with Gasteiger partial charge in [0.15, 0.2) is 6.29 Å². The first-order chi connectivity index (χ1) is 6.31. The molecule has 2 rings (SSSR count). The number of hydrogen-bond acceptors (Lipinski definition) is 4. The van der Waals surface area contributed by atoms with Crippen molar-refractivity contribution < 1.29 is 4.79 Å². The van der Waals surface area contributed by atoms with E-state index < -0.39 is 0 Å². The molecule has 0 atom stereocenters. The number of thiazole rings is 1. The van der Waals surface area contributed by atoms with Crippen molar-refractivity contribution in [3.8, 4) is 9.88 Å². The van der Waals surface area contributed by atoms with Gasteiger partial charge in [0.1, 0.15) is 10.7 Å². The number of carbonyl (C=O) groups is 1. The smallest absolute Gasteiger partial charge is 0.169 e. The summed E-state index contributed by atoms with van der Waals surface area (Å²) in [5.41, 5.74) is 0.563. The molecule has 0 aliphatic heterocycles. The van der Waals surface area contributed by atoms with Gasteiger partial charge in [-0.15, -0.1) is 22.7 Å². The molecule has 2 aromatic heterocycles. The molecule has 0 saturated carbocycles. The largest absolute Gasteiger partial charge is 0.296 e. The lowest BCUT2D eigenvalue weighted by Gasteiger charge is -1.84. The number of nitrogens with zero attached hydrogens (tertiary/aromatic N) is 1. The molecule has 0 saturated heterocycles. The first-order valence-electron chi connectivity index (χ1n) is 3.78. The molecule has 0 aliphatic carbocycles. The van der Waals surface area contributed by atoms with Crippen molar-refractivity contribution in [3.63, 3.8) is 0 Å². The molecule has 0 amide bonds. The van der Waals surface area contributed by atoms with Crippen molar-refractivity contribution in [2.24, 2.45) is 0 Å². The molecule has 0 unspecified atom stereocenters. The number of carbonyl (C=O) groups excluding carboxylic acids is 1. The van der Waals surface area contributed by atoms with Gasteiger partial charge in [-0.1, -0.05) is 6.07 Å². The molecule has 0 bridgehead atoms. The summed E-state index contributed by atoms with van der Waals surface area (Å²) < 4.78 is 0. The Labute approximate surface area is 83.9 Å². The van der Waals surface area contributed by atoms with Gasteiger partial charge < -0.3 is 0 Å². The fourth-order valence-electron chi connectivity index (χ4n) is 1.02. The highest BCUT2D eigenvalue weighted by atomic mass is 32.1. The standard InChI is InChI=1S/C9H7NOS2/c1-6-7(5-11)10-9(13-6)8-3-2-4-12-8/h2-5H,1H3. The SMILES string of the molecule is Cc1sc(-c2cccs2)nc1C=O. The van der Waals surface area contributed by atoms with E-state index in [9.17, 15) is 4.79 Å². The van der Waals surface area contributed by atoms with E-state index in [0.717, 1.165) is 21.0 Å². The zero-order valence-electron chi connectivity index (χ0n) is 6.98. The molecule has 4 heteroatoms. The highest BCUT2D eigenvalue weighted by Gasteiger charge is 2.08. The molecule has 0 fully saturated rings. The molecular formula is C9H7NOS2. The van der Waals surface area contributed by atoms with Gasteiger partial charge in [-0.25, -0.2) is 4.98 Å². The minimum atomic E-state index is 0.563. The molecule has 0 aliphatic rings. The molecule has 2 aromatic rings. The fourth-order valence-corrected chi connectivity index (χ4v) is 2.70. The van der Waals surface area contributed by atoms with Crippen LogP contribution < -0.4 is 0 Å². The second-order valence-corrected chi connectivity index (χ2v) is 4.71. The van der Waals surface area contributed by atoms with Gasteiger partial charge in [0, 0.05) is 4.88 Å². The monoisotopic (exact) mass is 209 g/mol. The second kappa shape index (κ2) is 3.40. The molecule has 0 N–H and O–H groups in total. The summed E-state index contributed by atoms with van der Waals surface area (Å²) in [6, 6.07) is 3.99. The Morgan fingerprint density at radius 3 is 2.92 bits per heavy atom. The van der Waals surface area contributed by atoms with Gasteiger partial charge in [-0.05, 0) is 18.4 Å². The van der Waals surface area contributed by atoms with E-state index >= 15 is 0 Å². The third-order valence-corrected chi connectivity index (χ3v) is 3.70. The third kappa shape index (κ3) is 1.55. The predicted molar refractivity (Wildman–Crippen MR) is 55.6 cm³/mol. The van der Waals surface area contributed by atoms with Gasteiger partial charge in [-0.3, -0.25) is 4.79 Å². The molecule has 0 aromatic carbocycles.